The van der Waals surface area contributed by atoms with Gasteiger partial charge in [-0.3, -0.25) is 4.79 Å². The van der Waals surface area contributed by atoms with Crippen molar-refractivity contribution in [3.05, 3.63) is 39.3 Å². The average molecular weight is 389 g/mol. The van der Waals surface area contributed by atoms with E-state index in [-0.39, 0.29) is 11.9 Å². The van der Waals surface area contributed by atoms with E-state index in [0.29, 0.717) is 0 Å². The minimum Gasteiger partial charge on any atom is -0.497 e. The third kappa shape index (κ3) is 4.10. The van der Waals surface area contributed by atoms with Crippen molar-refractivity contribution in [3.63, 3.8) is 0 Å². The second kappa shape index (κ2) is 8.74. The Morgan fingerprint density at radius 2 is 2.15 bits per heavy atom. The second-order valence-corrected chi connectivity index (χ2v) is 7.97. The number of aromatic nitrogens is 1. The van der Waals surface area contributed by atoms with Gasteiger partial charge in [0.1, 0.15) is 16.4 Å². The summed E-state index contributed by atoms with van der Waals surface area (Å²) >= 11 is 1.55. The Morgan fingerprint density at radius 3 is 2.85 bits per heavy atom. The Balaban J connectivity index is 1.86. The number of thiazole rings is 1. The molecule has 0 aliphatic carbocycles. The minimum absolute atomic E-state index is 0.0268. The third-order valence-electron chi connectivity index (χ3n) is 5.09. The lowest BCUT2D eigenvalue weighted by Crippen LogP contribution is -2.30. The Labute approximate surface area is 165 Å². The van der Waals surface area contributed by atoms with Crippen LogP contribution in [0, 0.1) is 6.92 Å². The molecule has 27 heavy (non-hydrogen) atoms. The summed E-state index contributed by atoms with van der Waals surface area (Å²) in [5.41, 5.74) is 1.89. The second-order valence-electron chi connectivity index (χ2n) is 6.89. The molecule has 1 aromatic carbocycles. The van der Waals surface area contributed by atoms with Gasteiger partial charge in [0.25, 0.3) is 5.91 Å². The molecule has 2 heterocycles. The number of rotatable bonds is 7. The van der Waals surface area contributed by atoms with Crippen LogP contribution in [-0.4, -0.2) is 36.6 Å². The molecule has 2 aromatic rings. The van der Waals surface area contributed by atoms with Crippen LogP contribution in [0.5, 0.6) is 11.5 Å². The van der Waals surface area contributed by atoms with Crippen molar-refractivity contribution in [1.29, 1.82) is 0 Å². The summed E-state index contributed by atoms with van der Waals surface area (Å²) in [6.45, 7) is 4.88. The van der Waals surface area contributed by atoms with Crippen LogP contribution >= 0.6 is 11.3 Å². The first-order valence-corrected chi connectivity index (χ1v) is 10.4. The maximum atomic E-state index is 13.3. The number of hydrogen-bond acceptors (Lipinski definition) is 5. The molecule has 1 aliphatic heterocycles. The number of methoxy groups -OCH3 is 2. The van der Waals surface area contributed by atoms with Crippen LogP contribution < -0.4 is 9.47 Å². The van der Waals surface area contributed by atoms with E-state index in [2.05, 4.69) is 11.9 Å². The first-order valence-electron chi connectivity index (χ1n) is 9.58. The summed E-state index contributed by atoms with van der Waals surface area (Å²) in [6.07, 6.45) is 5.12. The molecule has 5 nitrogen and oxygen atoms in total. The van der Waals surface area contributed by atoms with Gasteiger partial charge < -0.3 is 14.4 Å². The zero-order valence-electron chi connectivity index (χ0n) is 16.6. The number of amides is 1. The lowest BCUT2D eigenvalue weighted by molar-refractivity contribution is 0.0738. The molecule has 1 amide bonds. The number of nitrogens with zero attached hydrogens (tertiary/aromatic N) is 2. The van der Waals surface area contributed by atoms with Gasteiger partial charge in [-0.05, 0) is 44.7 Å². The highest BCUT2D eigenvalue weighted by molar-refractivity contribution is 7.13. The summed E-state index contributed by atoms with van der Waals surface area (Å²) in [4.78, 5) is 20.7. The highest BCUT2D eigenvalue weighted by atomic mass is 32.1. The van der Waals surface area contributed by atoms with Crippen LogP contribution in [-0.2, 0) is 6.42 Å². The molecule has 1 atom stereocenters. The van der Waals surface area contributed by atoms with Crippen molar-refractivity contribution < 1.29 is 14.3 Å². The van der Waals surface area contributed by atoms with Gasteiger partial charge in [-0.15, -0.1) is 11.3 Å². The van der Waals surface area contributed by atoms with Gasteiger partial charge in [0.15, 0.2) is 0 Å². The van der Waals surface area contributed by atoms with Crippen molar-refractivity contribution in [2.24, 2.45) is 0 Å². The van der Waals surface area contributed by atoms with Crippen molar-refractivity contribution in [1.82, 2.24) is 9.88 Å². The minimum atomic E-state index is 0.0268. The van der Waals surface area contributed by atoms with E-state index >= 15 is 0 Å². The van der Waals surface area contributed by atoms with Crippen LogP contribution in [0.15, 0.2) is 18.2 Å². The summed E-state index contributed by atoms with van der Waals surface area (Å²) in [5.74, 6) is 1.61. The van der Waals surface area contributed by atoms with Crippen molar-refractivity contribution in [2.45, 2.75) is 52.0 Å². The van der Waals surface area contributed by atoms with Gasteiger partial charge in [0.05, 0.1) is 31.0 Å². The molecule has 0 spiro atoms. The fraction of sp³-hybridized carbons (Fsp3) is 0.524. The smallest absolute Gasteiger partial charge is 0.266 e. The molecule has 1 fully saturated rings. The van der Waals surface area contributed by atoms with E-state index < -0.39 is 0 Å². The van der Waals surface area contributed by atoms with Crippen LogP contribution in [0.2, 0.25) is 0 Å². The van der Waals surface area contributed by atoms with Crippen LogP contribution in [0.3, 0.4) is 0 Å². The van der Waals surface area contributed by atoms with Gasteiger partial charge in [-0.25, -0.2) is 4.98 Å². The molecule has 0 N–H and O–H groups in total. The standard InChI is InChI=1S/C21H28N2O3S/c1-5-6-9-19-22-14(2)20(27-19)21(24)23-12-7-8-17(23)16-11-10-15(25-3)13-18(16)26-4/h10-11,13,17H,5-9,12H2,1-4H3/t17-/m1/s1. The Bertz CT molecular complexity index is 803. The van der Waals surface area contributed by atoms with E-state index in [4.69, 9.17) is 9.47 Å². The monoisotopic (exact) mass is 388 g/mol. The number of unbranched alkanes of at least 4 members (excludes halogenated alkanes) is 1. The predicted octanol–water partition coefficient (Wildman–Crippen LogP) is 4.79. The molecule has 0 unspecified atom stereocenters. The first kappa shape index (κ1) is 19.7. The van der Waals surface area contributed by atoms with Crippen molar-refractivity contribution in [2.75, 3.05) is 20.8 Å². The number of ether oxygens (including phenoxy) is 2. The molecular weight excluding hydrogens is 360 g/mol. The van der Waals surface area contributed by atoms with Gasteiger partial charge in [0, 0.05) is 18.2 Å². The Hall–Kier alpha value is -2.08. The zero-order valence-corrected chi connectivity index (χ0v) is 17.4. The summed E-state index contributed by atoms with van der Waals surface area (Å²) < 4.78 is 10.9. The lowest BCUT2D eigenvalue weighted by Gasteiger charge is -2.26. The Morgan fingerprint density at radius 1 is 1.33 bits per heavy atom. The molecule has 1 aliphatic rings. The highest BCUT2D eigenvalue weighted by Gasteiger charge is 2.34. The van der Waals surface area contributed by atoms with Crippen molar-refractivity contribution in [3.8, 4) is 11.5 Å². The molecule has 6 heteroatoms. The fourth-order valence-electron chi connectivity index (χ4n) is 3.64. The summed E-state index contributed by atoms with van der Waals surface area (Å²) in [6, 6.07) is 5.86. The van der Waals surface area contributed by atoms with Crippen LogP contribution in [0.4, 0.5) is 0 Å². The van der Waals surface area contributed by atoms with E-state index in [9.17, 15) is 4.79 Å². The van der Waals surface area contributed by atoms with Gasteiger partial charge >= 0.3 is 0 Å². The molecule has 0 radical (unpaired) electrons. The molecule has 0 saturated carbocycles. The largest absolute Gasteiger partial charge is 0.497 e. The average Bonchev–Trinajstić information content (AvgIpc) is 3.32. The summed E-state index contributed by atoms with van der Waals surface area (Å²) in [7, 11) is 3.30. The zero-order chi connectivity index (χ0) is 19.4. The molecule has 0 bridgehead atoms. The number of hydrogen-bond donors (Lipinski definition) is 0. The lowest BCUT2D eigenvalue weighted by atomic mass is 10.0. The quantitative estimate of drug-likeness (QED) is 0.684. The number of likely N-dealkylation sites (tertiary alicyclic amines) is 1. The number of carbonyl (C=O) groups excluding carboxylic acids is 1. The van der Waals surface area contributed by atoms with Gasteiger partial charge in [-0.1, -0.05) is 13.3 Å². The maximum absolute atomic E-state index is 13.3. The topological polar surface area (TPSA) is 51.7 Å². The third-order valence-corrected chi connectivity index (χ3v) is 6.30. The molecule has 146 valence electrons. The molecular formula is C21H28N2O3S. The summed E-state index contributed by atoms with van der Waals surface area (Å²) in [5, 5.41) is 1.07. The van der Waals surface area contributed by atoms with Crippen LogP contribution in [0.25, 0.3) is 0 Å². The number of carbonyl (C=O) groups is 1. The number of benzene rings is 1. The van der Waals surface area contributed by atoms with E-state index in [0.717, 1.165) is 71.3 Å². The van der Waals surface area contributed by atoms with Gasteiger partial charge in [-0.2, -0.15) is 0 Å². The predicted molar refractivity (Wildman–Crippen MR) is 108 cm³/mol. The maximum Gasteiger partial charge on any atom is 0.266 e. The number of aryl methyl sites for hydroxylation is 2. The molecule has 1 saturated heterocycles. The SMILES string of the molecule is CCCCc1nc(C)c(C(=O)N2CCC[C@@H]2c2ccc(OC)cc2OC)s1. The first-order chi connectivity index (χ1) is 13.1. The molecule has 1 aromatic heterocycles. The van der Waals surface area contributed by atoms with E-state index in [1.54, 1.807) is 25.6 Å². The normalized spacial score (nSPS) is 16.6. The molecule has 3 rings (SSSR count). The fourth-order valence-corrected chi connectivity index (χ4v) is 4.71. The Kier molecular flexibility index (Phi) is 6.37. The van der Waals surface area contributed by atoms with Crippen LogP contribution in [0.1, 0.15) is 64.6 Å². The van der Waals surface area contributed by atoms with E-state index in [1.165, 1.54) is 0 Å². The van der Waals surface area contributed by atoms with Crippen molar-refractivity contribution >= 4 is 17.2 Å². The van der Waals surface area contributed by atoms with Gasteiger partial charge in [0.2, 0.25) is 0 Å². The highest BCUT2D eigenvalue weighted by Crippen LogP contribution is 2.40. The van der Waals surface area contributed by atoms with E-state index in [1.807, 2.05) is 30.0 Å².